The van der Waals surface area contributed by atoms with Crippen molar-refractivity contribution in [3.8, 4) is 0 Å². The second kappa shape index (κ2) is 5.97. The van der Waals surface area contributed by atoms with E-state index in [1.807, 2.05) is 0 Å². The van der Waals surface area contributed by atoms with Gasteiger partial charge >= 0.3 is 0 Å². The number of hydrogen-bond acceptors (Lipinski definition) is 4. The first-order valence-electron chi connectivity index (χ1n) is 5.84. The smallest absolute Gasteiger partial charge is 0.263 e. The zero-order chi connectivity index (χ0) is 15.6. The minimum atomic E-state index is -3.86. The maximum atomic E-state index is 12.4. The molecule has 1 aromatic heterocycles. The second-order valence-electron chi connectivity index (χ2n) is 4.31. The third kappa shape index (κ3) is 3.49. The Morgan fingerprint density at radius 3 is 2.71 bits per heavy atom. The van der Waals surface area contributed by atoms with Crippen LogP contribution in [0.5, 0.6) is 0 Å². The normalized spacial score (nSPS) is 11.1. The van der Waals surface area contributed by atoms with Gasteiger partial charge in [0.25, 0.3) is 10.0 Å². The van der Waals surface area contributed by atoms with Crippen LogP contribution in [0, 0.1) is 6.92 Å². The highest BCUT2D eigenvalue weighted by Crippen LogP contribution is 2.25. The predicted molar refractivity (Wildman–Crippen MR) is 87.1 cm³/mol. The molecule has 8 heteroatoms. The lowest BCUT2D eigenvalue weighted by molar-refractivity contribution is 0.601. The quantitative estimate of drug-likeness (QED) is 0.834. The zero-order valence-corrected chi connectivity index (χ0v) is 13.4. The van der Waals surface area contributed by atoms with Crippen molar-refractivity contribution in [2.75, 3.05) is 4.72 Å². The molecule has 110 valence electrons. The van der Waals surface area contributed by atoms with Crippen molar-refractivity contribution in [2.45, 2.75) is 11.8 Å². The molecule has 1 aromatic carbocycles. The van der Waals surface area contributed by atoms with Gasteiger partial charge in [-0.1, -0.05) is 29.9 Å². The van der Waals surface area contributed by atoms with Gasteiger partial charge in [0.15, 0.2) is 0 Å². The van der Waals surface area contributed by atoms with Gasteiger partial charge in [-0.2, -0.15) is 0 Å². The molecule has 0 aliphatic carbocycles. The molecule has 21 heavy (non-hydrogen) atoms. The Bertz CT molecular complexity index is 807. The highest BCUT2D eigenvalue weighted by atomic mass is 35.5. The van der Waals surface area contributed by atoms with Gasteiger partial charge < -0.3 is 5.73 Å². The second-order valence-corrected chi connectivity index (χ2v) is 6.80. The lowest BCUT2D eigenvalue weighted by Gasteiger charge is -2.12. The molecule has 0 unspecified atom stereocenters. The number of sulfonamides is 1. The number of nitrogens with two attached hydrogens (primary N) is 1. The number of aryl methyl sites for hydroxylation is 1. The van der Waals surface area contributed by atoms with Gasteiger partial charge in [0.1, 0.15) is 9.88 Å². The Morgan fingerprint density at radius 2 is 2.10 bits per heavy atom. The summed E-state index contributed by atoms with van der Waals surface area (Å²) in [6, 6.07) is 6.06. The number of nitrogens with one attached hydrogen (secondary N) is 1. The van der Waals surface area contributed by atoms with E-state index >= 15 is 0 Å². The molecule has 0 aliphatic rings. The number of thiocarbonyl (C=S) groups is 1. The summed E-state index contributed by atoms with van der Waals surface area (Å²) in [5, 5.41) is 0.0871. The molecule has 0 atom stereocenters. The molecule has 0 fully saturated rings. The van der Waals surface area contributed by atoms with Gasteiger partial charge in [-0.3, -0.25) is 9.71 Å². The van der Waals surface area contributed by atoms with Crippen LogP contribution in [-0.4, -0.2) is 18.4 Å². The summed E-state index contributed by atoms with van der Waals surface area (Å²) in [5.74, 6) is 0. The van der Waals surface area contributed by atoms with Crippen molar-refractivity contribution < 1.29 is 8.42 Å². The molecule has 0 spiro atoms. The van der Waals surface area contributed by atoms with Crippen molar-refractivity contribution in [1.29, 1.82) is 0 Å². The molecule has 0 bridgehead atoms. The fraction of sp³-hybridized carbons (Fsp3) is 0.0769. The van der Waals surface area contributed by atoms with E-state index in [-0.39, 0.29) is 14.9 Å². The van der Waals surface area contributed by atoms with E-state index < -0.39 is 10.0 Å². The molecule has 0 radical (unpaired) electrons. The Balaban J connectivity index is 2.47. The first kappa shape index (κ1) is 15.7. The summed E-state index contributed by atoms with van der Waals surface area (Å²) in [5.41, 5.74) is 7.07. The molecule has 0 aliphatic heterocycles. The molecule has 0 amide bonds. The van der Waals surface area contributed by atoms with Crippen LogP contribution in [0.2, 0.25) is 5.02 Å². The summed E-state index contributed by atoms with van der Waals surface area (Å²) >= 11 is 10.8. The van der Waals surface area contributed by atoms with Crippen molar-refractivity contribution >= 4 is 44.5 Å². The van der Waals surface area contributed by atoms with Gasteiger partial charge in [-0.25, -0.2) is 8.42 Å². The lowest BCUT2D eigenvalue weighted by atomic mass is 10.2. The van der Waals surface area contributed by atoms with E-state index in [9.17, 15) is 8.42 Å². The average Bonchev–Trinajstić information content (AvgIpc) is 2.41. The summed E-state index contributed by atoms with van der Waals surface area (Å²) < 4.78 is 27.3. The topological polar surface area (TPSA) is 85.1 Å². The Kier molecular flexibility index (Phi) is 4.46. The molecule has 0 saturated carbocycles. The molecular weight excluding hydrogens is 330 g/mol. The van der Waals surface area contributed by atoms with Crippen molar-refractivity contribution in [3.05, 3.63) is 52.8 Å². The monoisotopic (exact) mass is 341 g/mol. The maximum absolute atomic E-state index is 12.4. The number of hydrogen-bond donors (Lipinski definition) is 2. The Labute approximate surface area is 133 Å². The first-order valence-corrected chi connectivity index (χ1v) is 8.11. The number of anilines is 1. The third-order valence-corrected chi connectivity index (χ3v) is 4.87. The summed E-state index contributed by atoms with van der Waals surface area (Å²) in [7, 11) is -3.86. The van der Waals surface area contributed by atoms with E-state index in [1.165, 1.54) is 18.3 Å². The van der Waals surface area contributed by atoms with Crippen LogP contribution in [0.3, 0.4) is 0 Å². The minimum absolute atomic E-state index is 0.0854. The average molecular weight is 342 g/mol. The highest BCUT2D eigenvalue weighted by Gasteiger charge is 2.20. The number of halogens is 1. The van der Waals surface area contributed by atoms with Crippen LogP contribution >= 0.6 is 23.8 Å². The van der Waals surface area contributed by atoms with Crippen LogP contribution in [-0.2, 0) is 10.0 Å². The maximum Gasteiger partial charge on any atom is 0.263 e. The van der Waals surface area contributed by atoms with Gasteiger partial charge in [0, 0.05) is 11.8 Å². The minimum Gasteiger partial charge on any atom is -0.389 e. The van der Waals surface area contributed by atoms with Crippen molar-refractivity contribution in [3.63, 3.8) is 0 Å². The number of nitrogens with zero attached hydrogens (tertiary/aromatic N) is 1. The van der Waals surface area contributed by atoms with E-state index in [2.05, 4.69) is 9.71 Å². The largest absolute Gasteiger partial charge is 0.389 e. The highest BCUT2D eigenvalue weighted by molar-refractivity contribution is 7.92. The Morgan fingerprint density at radius 1 is 1.38 bits per heavy atom. The van der Waals surface area contributed by atoms with Gasteiger partial charge in [0.2, 0.25) is 0 Å². The summed E-state index contributed by atoms with van der Waals surface area (Å²) in [6.07, 6.45) is 3.01. The fourth-order valence-electron chi connectivity index (χ4n) is 1.63. The number of benzene rings is 1. The van der Waals surface area contributed by atoms with Crippen LogP contribution in [0.15, 0.2) is 41.6 Å². The van der Waals surface area contributed by atoms with E-state index in [4.69, 9.17) is 29.6 Å². The van der Waals surface area contributed by atoms with Gasteiger partial charge in [-0.15, -0.1) is 0 Å². The SMILES string of the molecule is Cc1ccncc1NS(=O)(=O)c1cc(C(N)=S)ccc1Cl. The van der Waals surface area contributed by atoms with E-state index in [0.717, 1.165) is 5.56 Å². The molecule has 1 heterocycles. The standard InChI is InChI=1S/C13H12ClN3O2S2/c1-8-4-5-16-7-11(8)17-21(18,19)12-6-9(13(15)20)2-3-10(12)14/h2-7,17H,1H3,(H2,15,20). The molecule has 2 aromatic rings. The summed E-state index contributed by atoms with van der Waals surface area (Å²) in [6.45, 7) is 1.77. The molecule has 0 saturated heterocycles. The zero-order valence-electron chi connectivity index (χ0n) is 11.0. The number of rotatable bonds is 4. The van der Waals surface area contributed by atoms with Crippen molar-refractivity contribution in [1.82, 2.24) is 4.98 Å². The molecule has 2 rings (SSSR count). The third-order valence-electron chi connectivity index (χ3n) is 2.79. The first-order chi connectivity index (χ1) is 9.81. The Hall–Kier alpha value is -1.70. The predicted octanol–water partition coefficient (Wildman–Crippen LogP) is 2.48. The van der Waals surface area contributed by atoms with Crippen molar-refractivity contribution in [2.24, 2.45) is 5.73 Å². The fourth-order valence-corrected chi connectivity index (χ4v) is 3.40. The number of aromatic nitrogens is 1. The van der Waals surface area contributed by atoms with Gasteiger partial charge in [0.05, 0.1) is 16.9 Å². The lowest BCUT2D eigenvalue weighted by Crippen LogP contribution is -2.16. The molecule has 3 N–H and O–H groups in total. The molecular formula is C13H12ClN3O2S2. The van der Waals surface area contributed by atoms with E-state index in [0.29, 0.717) is 11.3 Å². The van der Waals surface area contributed by atoms with Crippen LogP contribution in [0.4, 0.5) is 5.69 Å². The van der Waals surface area contributed by atoms with E-state index in [1.54, 1.807) is 25.3 Å². The van der Waals surface area contributed by atoms with Crippen LogP contribution < -0.4 is 10.5 Å². The number of pyridine rings is 1. The summed E-state index contributed by atoms with van der Waals surface area (Å²) in [4.78, 5) is 3.90. The van der Waals surface area contributed by atoms with Crippen LogP contribution in [0.1, 0.15) is 11.1 Å². The molecule has 5 nitrogen and oxygen atoms in total. The van der Waals surface area contributed by atoms with Gasteiger partial charge in [-0.05, 0) is 30.7 Å². The van der Waals surface area contributed by atoms with Crippen LogP contribution in [0.25, 0.3) is 0 Å².